The van der Waals surface area contributed by atoms with E-state index in [0.717, 1.165) is 24.9 Å². The van der Waals surface area contributed by atoms with Gasteiger partial charge >= 0.3 is 0 Å². The minimum Gasteiger partial charge on any atom is -0.268 e. The maximum Gasteiger partial charge on any atom is 0.270 e. The molecule has 0 saturated carbocycles. The van der Waals surface area contributed by atoms with E-state index in [0.29, 0.717) is 14.8 Å². The quantitative estimate of drug-likeness (QED) is 0.506. The van der Waals surface area contributed by atoms with Crippen molar-refractivity contribution >= 4 is 46.0 Å². The zero-order chi connectivity index (χ0) is 17.8. The van der Waals surface area contributed by atoms with Crippen molar-refractivity contribution < 1.29 is 9.18 Å². The molecule has 2 nitrogen and oxygen atoms in total. The lowest BCUT2D eigenvalue weighted by Gasteiger charge is -2.15. The number of aryl methyl sites for hydroxylation is 1. The Kier molecular flexibility index (Phi) is 5.66. The molecule has 25 heavy (non-hydrogen) atoms. The average molecular weight is 372 g/mol. The molecule has 0 atom stereocenters. The highest BCUT2D eigenvalue weighted by atomic mass is 32.2. The van der Waals surface area contributed by atoms with Crippen LogP contribution in [0.5, 0.6) is 0 Å². The predicted molar refractivity (Wildman–Crippen MR) is 107 cm³/mol. The standard InChI is InChI=1S/C20H18FNOS2/c1-2-3-6-14-9-11-16(12-10-14)22-19(23)18(25-20(22)24)13-15-7-4-5-8-17(15)21/h4-5,7-13H,2-3,6H2,1H3/b18-13-. The van der Waals surface area contributed by atoms with Crippen LogP contribution in [-0.2, 0) is 11.2 Å². The van der Waals surface area contributed by atoms with Gasteiger partial charge in [0.15, 0.2) is 4.32 Å². The fraction of sp³-hybridized carbons (Fsp3) is 0.200. The van der Waals surface area contributed by atoms with E-state index in [1.807, 2.05) is 24.3 Å². The lowest BCUT2D eigenvalue weighted by Crippen LogP contribution is -2.27. The molecule has 1 fully saturated rings. The van der Waals surface area contributed by atoms with Crippen LogP contribution in [0.3, 0.4) is 0 Å². The van der Waals surface area contributed by atoms with Crippen LogP contribution in [0.1, 0.15) is 30.9 Å². The number of thioether (sulfide) groups is 1. The lowest BCUT2D eigenvalue weighted by atomic mass is 10.1. The molecule has 1 heterocycles. The predicted octanol–water partition coefficient (Wildman–Crippen LogP) is 5.57. The second-order valence-electron chi connectivity index (χ2n) is 5.81. The van der Waals surface area contributed by atoms with Crippen molar-refractivity contribution in [2.75, 3.05) is 4.90 Å². The number of anilines is 1. The van der Waals surface area contributed by atoms with Gasteiger partial charge in [0.2, 0.25) is 0 Å². The first-order valence-electron chi connectivity index (χ1n) is 8.21. The number of nitrogens with zero attached hydrogens (tertiary/aromatic N) is 1. The third kappa shape index (κ3) is 3.99. The number of carbonyl (C=O) groups excluding carboxylic acids is 1. The number of rotatable bonds is 5. The third-order valence-electron chi connectivity index (χ3n) is 4.00. The minimum atomic E-state index is -0.354. The normalized spacial score (nSPS) is 16.1. The number of carbonyl (C=O) groups is 1. The molecular weight excluding hydrogens is 353 g/mol. The minimum absolute atomic E-state index is 0.209. The van der Waals surface area contributed by atoms with Crippen molar-refractivity contribution in [3.05, 3.63) is 70.4 Å². The zero-order valence-corrected chi connectivity index (χ0v) is 15.5. The van der Waals surface area contributed by atoms with Gasteiger partial charge < -0.3 is 0 Å². The van der Waals surface area contributed by atoms with E-state index in [2.05, 4.69) is 6.92 Å². The Hall–Kier alpha value is -1.98. The van der Waals surface area contributed by atoms with Crippen LogP contribution in [0.4, 0.5) is 10.1 Å². The van der Waals surface area contributed by atoms with Gasteiger partial charge in [-0.05, 0) is 42.7 Å². The van der Waals surface area contributed by atoms with Crippen LogP contribution < -0.4 is 4.90 Å². The monoisotopic (exact) mass is 371 g/mol. The Labute approximate surface area is 156 Å². The molecule has 1 saturated heterocycles. The van der Waals surface area contributed by atoms with Crippen molar-refractivity contribution in [2.45, 2.75) is 26.2 Å². The highest BCUT2D eigenvalue weighted by molar-refractivity contribution is 8.27. The number of hydrogen-bond acceptors (Lipinski definition) is 3. The molecule has 5 heteroatoms. The number of benzene rings is 2. The van der Waals surface area contributed by atoms with Gasteiger partial charge in [0.1, 0.15) is 5.82 Å². The molecule has 0 unspecified atom stereocenters. The van der Waals surface area contributed by atoms with E-state index in [1.165, 1.54) is 28.3 Å². The summed E-state index contributed by atoms with van der Waals surface area (Å²) in [5.74, 6) is -0.562. The Bertz CT molecular complexity index is 830. The van der Waals surface area contributed by atoms with Gasteiger partial charge in [0, 0.05) is 5.56 Å². The summed E-state index contributed by atoms with van der Waals surface area (Å²) < 4.78 is 14.3. The summed E-state index contributed by atoms with van der Waals surface area (Å²) in [5, 5.41) is 0. The molecule has 2 aromatic rings. The van der Waals surface area contributed by atoms with Gasteiger partial charge in [-0.3, -0.25) is 9.69 Å². The highest BCUT2D eigenvalue weighted by Gasteiger charge is 2.33. The smallest absolute Gasteiger partial charge is 0.268 e. The first kappa shape index (κ1) is 17.8. The second kappa shape index (κ2) is 7.93. The maximum absolute atomic E-state index is 13.8. The number of unbranched alkanes of at least 4 members (excludes halogenated alkanes) is 1. The van der Waals surface area contributed by atoms with Crippen LogP contribution in [0.25, 0.3) is 6.08 Å². The first-order valence-corrected chi connectivity index (χ1v) is 9.44. The van der Waals surface area contributed by atoms with Gasteiger partial charge in [0.25, 0.3) is 5.91 Å². The summed E-state index contributed by atoms with van der Waals surface area (Å²) >= 11 is 6.56. The first-order chi connectivity index (χ1) is 12.1. The van der Waals surface area contributed by atoms with E-state index in [9.17, 15) is 9.18 Å². The van der Waals surface area contributed by atoms with Crippen LogP contribution in [0, 0.1) is 5.82 Å². The Morgan fingerprint density at radius 1 is 1.16 bits per heavy atom. The number of thiocarbonyl (C=S) groups is 1. The van der Waals surface area contributed by atoms with E-state index in [4.69, 9.17) is 12.2 Å². The van der Waals surface area contributed by atoms with E-state index in [1.54, 1.807) is 24.3 Å². The van der Waals surface area contributed by atoms with Crippen LogP contribution in [0.2, 0.25) is 0 Å². The van der Waals surface area contributed by atoms with E-state index in [-0.39, 0.29) is 11.7 Å². The molecule has 0 bridgehead atoms. The molecule has 0 aliphatic carbocycles. The third-order valence-corrected chi connectivity index (χ3v) is 5.30. The van der Waals surface area contributed by atoms with Crippen LogP contribution in [-0.4, -0.2) is 10.2 Å². The topological polar surface area (TPSA) is 20.3 Å². The van der Waals surface area contributed by atoms with Crippen molar-refractivity contribution in [3.63, 3.8) is 0 Å². The van der Waals surface area contributed by atoms with Crippen LogP contribution >= 0.6 is 24.0 Å². The van der Waals surface area contributed by atoms with Crippen molar-refractivity contribution in [3.8, 4) is 0 Å². The Morgan fingerprint density at radius 3 is 2.56 bits per heavy atom. The number of hydrogen-bond donors (Lipinski definition) is 0. The van der Waals surface area contributed by atoms with Gasteiger partial charge in [-0.15, -0.1) is 0 Å². The van der Waals surface area contributed by atoms with Crippen LogP contribution in [0.15, 0.2) is 53.4 Å². The molecule has 0 N–H and O–H groups in total. The lowest BCUT2D eigenvalue weighted by molar-refractivity contribution is -0.113. The summed E-state index contributed by atoms with van der Waals surface area (Å²) in [5.41, 5.74) is 2.38. The number of amides is 1. The van der Waals surface area contributed by atoms with Gasteiger partial charge in [0.05, 0.1) is 10.6 Å². The zero-order valence-electron chi connectivity index (χ0n) is 13.9. The molecule has 3 rings (SSSR count). The van der Waals surface area contributed by atoms with E-state index >= 15 is 0 Å². The number of halogens is 1. The van der Waals surface area contributed by atoms with Crippen molar-refractivity contribution in [2.24, 2.45) is 0 Å². The molecule has 0 aromatic heterocycles. The molecule has 1 aliphatic heterocycles. The molecule has 1 amide bonds. The Morgan fingerprint density at radius 2 is 1.88 bits per heavy atom. The average Bonchev–Trinajstić information content (AvgIpc) is 2.89. The van der Waals surface area contributed by atoms with Crippen molar-refractivity contribution in [1.29, 1.82) is 0 Å². The molecule has 1 aliphatic rings. The summed E-state index contributed by atoms with van der Waals surface area (Å²) in [6, 6.07) is 14.3. The SMILES string of the molecule is CCCCc1ccc(N2C(=O)/C(=C/c3ccccc3F)SC2=S)cc1. The molecule has 2 aromatic carbocycles. The molecule has 0 spiro atoms. The summed E-state index contributed by atoms with van der Waals surface area (Å²) in [6.07, 6.45) is 4.88. The molecule has 128 valence electrons. The maximum atomic E-state index is 13.8. The fourth-order valence-corrected chi connectivity index (χ4v) is 3.91. The van der Waals surface area contributed by atoms with Crippen molar-refractivity contribution in [1.82, 2.24) is 0 Å². The van der Waals surface area contributed by atoms with E-state index < -0.39 is 0 Å². The molecule has 0 radical (unpaired) electrons. The van der Waals surface area contributed by atoms with Gasteiger partial charge in [-0.1, -0.05) is 67.7 Å². The van der Waals surface area contributed by atoms with Gasteiger partial charge in [-0.2, -0.15) is 0 Å². The Balaban J connectivity index is 1.83. The fourth-order valence-electron chi connectivity index (χ4n) is 2.62. The second-order valence-corrected chi connectivity index (χ2v) is 7.48. The summed E-state index contributed by atoms with van der Waals surface area (Å²) in [7, 11) is 0. The van der Waals surface area contributed by atoms with Gasteiger partial charge in [-0.25, -0.2) is 4.39 Å². The summed E-state index contributed by atoms with van der Waals surface area (Å²) in [4.78, 5) is 14.7. The largest absolute Gasteiger partial charge is 0.270 e. The molecular formula is C20H18FNOS2. The highest BCUT2D eigenvalue weighted by Crippen LogP contribution is 2.36. The summed E-state index contributed by atoms with van der Waals surface area (Å²) in [6.45, 7) is 2.16.